The molecule has 6 heteroatoms. The number of unbranched alkanes of at least 4 members (excludes halogenated alkanes) is 2. The number of nitrogens with zero attached hydrogens (tertiary/aromatic N) is 2. The quantitative estimate of drug-likeness (QED) is 0.151. The molecule has 0 radical (unpaired) electrons. The molecule has 0 aliphatic carbocycles. The molecule has 0 fully saturated rings. The Morgan fingerprint density at radius 2 is 1.57 bits per heavy atom. The van der Waals surface area contributed by atoms with E-state index in [0.29, 0.717) is 33.7 Å². The zero-order valence-corrected chi connectivity index (χ0v) is 22.8. The number of hydrogen-bond donors (Lipinski definition) is 0. The molecule has 0 N–H and O–H groups in total. The summed E-state index contributed by atoms with van der Waals surface area (Å²) in [7, 11) is 0. The van der Waals surface area contributed by atoms with Gasteiger partial charge in [-0.1, -0.05) is 69.3 Å². The molecule has 0 saturated heterocycles. The van der Waals surface area contributed by atoms with E-state index in [0.717, 1.165) is 50.0 Å². The van der Waals surface area contributed by atoms with Gasteiger partial charge in [-0.2, -0.15) is 0 Å². The zero-order valence-electron chi connectivity index (χ0n) is 21.3. The highest BCUT2D eigenvalue weighted by molar-refractivity contribution is 6.38. The molecular formula is C29H38Cl2N2O2. The van der Waals surface area contributed by atoms with Crippen LogP contribution in [0.15, 0.2) is 42.6 Å². The zero-order chi connectivity index (χ0) is 25.2. The topological polar surface area (TPSA) is 34.0 Å². The molecule has 3 rings (SSSR count). The van der Waals surface area contributed by atoms with Crippen molar-refractivity contribution in [3.05, 3.63) is 69.5 Å². The van der Waals surface area contributed by atoms with Crippen molar-refractivity contribution < 1.29 is 9.53 Å². The molecule has 0 unspecified atom stereocenters. The van der Waals surface area contributed by atoms with Gasteiger partial charge < -0.3 is 14.0 Å². The number of aryl methyl sites for hydroxylation is 1. The van der Waals surface area contributed by atoms with Crippen molar-refractivity contribution in [2.45, 2.75) is 65.7 Å². The van der Waals surface area contributed by atoms with E-state index in [2.05, 4.69) is 31.7 Å². The molecule has 0 saturated carbocycles. The molecule has 0 amide bonds. The van der Waals surface area contributed by atoms with Gasteiger partial charge in [-0.15, -0.1) is 0 Å². The minimum atomic E-state index is -0.0857. The summed E-state index contributed by atoms with van der Waals surface area (Å²) < 4.78 is 7.92. The van der Waals surface area contributed by atoms with Crippen LogP contribution < -0.4 is 4.74 Å². The van der Waals surface area contributed by atoms with Crippen LogP contribution in [0.25, 0.3) is 5.52 Å². The molecule has 0 aliphatic rings. The van der Waals surface area contributed by atoms with Crippen molar-refractivity contribution in [1.82, 2.24) is 9.30 Å². The summed E-state index contributed by atoms with van der Waals surface area (Å²) in [5, 5.41) is 0.736. The number of hydrogen-bond acceptors (Lipinski definition) is 3. The Hall–Kier alpha value is -2.01. The van der Waals surface area contributed by atoms with Gasteiger partial charge in [0, 0.05) is 23.8 Å². The Balaban J connectivity index is 1.71. The minimum Gasteiger partial charge on any atom is -0.490 e. The maximum atomic E-state index is 13.6. The van der Waals surface area contributed by atoms with Gasteiger partial charge in [0.2, 0.25) is 5.78 Å². The van der Waals surface area contributed by atoms with Gasteiger partial charge in [0.05, 0.1) is 22.3 Å². The van der Waals surface area contributed by atoms with Crippen molar-refractivity contribution >= 4 is 34.5 Å². The maximum Gasteiger partial charge on any atom is 0.210 e. The molecule has 3 aromatic rings. The van der Waals surface area contributed by atoms with Crippen LogP contribution in [0.2, 0.25) is 10.0 Å². The molecule has 4 nitrogen and oxygen atoms in total. The number of ketones is 1. The fourth-order valence-electron chi connectivity index (χ4n) is 4.42. The molecule has 0 atom stereocenters. The molecule has 190 valence electrons. The number of rotatable bonds is 15. The minimum absolute atomic E-state index is 0.0857. The summed E-state index contributed by atoms with van der Waals surface area (Å²) >= 11 is 13.1. The maximum absolute atomic E-state index is 13.6. The van der Waals surface area contributed by atoms with Crippen molar-refractivity contribution in [3.63, 3.8) is 0 Å². The van der Waals surface area contributed by atoms with E-state index in [1.54, 1.807) is 12.1 Å². The van der Waals surface area contributed by atoms with Crippen LogP contribution in [-0.2, 0) is 6.42 Å². The van der Waals surface area contributed by atoms with Gasteiger partial charge in [-0.3, -0.25) is 4.79 Å². The van der Waals surface area contributed by atoms with Crippen molar-refractivity contribution in [2.24, 2.45) is 0 Å². The van der Waals surface area contributed by atoms with Gasteiger partial charge in [-0.05, 0) is 74.7 Å². The fourth-order valence-corrected chi connectivity index (χ4v) is 5.02. The molecule has 0 spiro atoms. The first kappa shape index (κ1) is 27.6. The largest absolute Gasteiger partial charge is 0.490 e. The Bertz CT molecular complexity index is 1080. The number of aromatic nitrogens is 1. The van der Waals surface area contributed by atoms with E-state index in [-0.39, 0.29) is 5.78 Å². The average Bonchev–Trinajstić information content (AvgIpc) is 3.21. The Labute approximate surface area is 220 Å². The van der Waals surface area contributed by atoms with Crippen LogP contribution in [0.3, 0.4) is 0 Å². The van der Waals surface area contributed by atoms with Gasteiger partial charge in [0.15, 0.2) is 5.75 Å². The molecule has 2 aromatic heterocycles. The number of halogens is 2. The number of carbonyl (C=O) groups is 1. The second-order valence-corrected chi connectivity index (χ2v) is 9.93. The lowest BCUT2D eigenvalue weighted by atomic mass is 10.0. The predicted molar refractivity (Wildman–Crippen MR) is 148 cm³/mol. The van der Waals surface area contributed by atoms with E-state index < -0.39 is 0 Å². The number of ether oxygens (including phenoxy) is 1. The molecule has 35 heavy (non-hydrogen) atoms. The van der Waals surface area contributed by atoms with Crippen LogP contribution >= 0.6 is 23.2 Å². The molecule has 2 heterocycles. The third-order valence-corrected chi connectivity index (χ3v) is 6.84. The van der Waals surface area contributed by atoms with Gasteiger partial charge in [-0.25, -0.2) is 0 Å². The second-order valence-electron chi connectivity index (χ2n) is 9.11. The molecule has 0 bridgehead atoms. The van der Waals surface area contributed by atoms with Crippen LogP contribution in [0.1, 0.15) is 80.9 Å². The van der Waals surface area contributed by atoms with E-state index in [9.17, 15) is 4.79 Å². The summed E-state index contributed by atoms with van der Waals surface area (Å²) in [6.07, 6.45) is 9.45. The number of benzene rings is 1. The summed E-state index contributed by atoms with van der Waals surface area (Å²) in [5.74, 6) is 0.366. The van der Waals surface area contributed by atoms with Crippen LogP contribution in [-0.4, -0.2) is 41.3 Å². The smallest absolute Gasteiger partial charge is 0.210 e. The van der Waals surface area contributed by atoms with E-state index >= 15 is 0 Å². The first-order chi connectivity index (χ1) is 17.0. The normalized spacial score (nSPS) is 11.5. The number of pyridine rings is 1. The highest BCUT2D eigenvalue weighted by atomic mass is 35.5. The van der Waals surface area contributed by atoms with E-state index in [1.807, 2.05) is 28.8 Å². The fraction of sp³-hybridized carbons (Fsp3) is 0.483. The van der Waals surface area contributed by atoms with Crippen LogP contribution in [0.4, 0.5) is 0 Å². The van der Waals surface area contributed by atoms with Crippen molar-refractivity contribution in [3.8, 4) is 5.75 Å². The number of fused-ring (bicyclic) bond motifs is 1. The first-order valence-corrected chi connectivity index (χ1v) is 13.7. The van der Waals surface area contributed by atoms with Gasteiger partial charge >= 0.3 is 0 Å². The summed E-state index contributed by atoms with van der Waals surface area (Å²) in [5.41, 5.74) is 3.18. The van der Waals surface area contributed by atoms with Crippen molar-refractivity contribution in [1.29, 1.82) is 0 Å². The summed E-state index contributed by atoms with van der Waals surface area (Å²) in [6, 6.07) is 11.4. The lowest BCUT2D eigenvalue weighted by molar-refractivity contribution is 0.103. The summed E-state index contributed by atoms with van der Waals surface area (Å²) in [4.78, 5) is 16.1. The molecule has 0 aliphatic heterocycles. The predicted octanol–water partition coefficient (Wildman–Crippen LogP) is 8.10. The van der Waals surface area contributed by atoms with E-state index in [4.69, 9.17) is 27.9 Å². The first-order valence-electron chi connectivity index (χ1n) is 13.0. The van der Waals surface area contributed by atoms with Gasteiger partial charge in [0.25, 0.3) is 0 Å². The van der Waals surface area contributed by atoms with E-state index in [1.165, 1.54) is 25.7 Å². The van der Waals surface area contributed by atoms with Gasteiger partial charge in [0.1, 0.15) is 0 Å². The third-order valence-electron chi connectivity index (χ3n) is 6.27. The second kappa shape index (κ2) is 13.9. The Kier molecular flexibility index (Phi) is 11.0. The van der Waals surface area contributed by atoms with Crippen LogP contribution in [0.5, 0.6) is 5.75 Å². The lowest BCUT2D eigenvalue weighted by Crippen LogP contribution is -2.28. The lowest BCUT2D eigenvalue weighted by Gasteiger charge is -2.22. The third kappa shape index (κ3) is 7.25. The van der Waals surface area contributed by atoms with Crippen LogP contribution in [0, 0.1) is 0 Å². The summed E-state index contributed by atoms with van der Waals surface area (Å²) in [6.45, 7) is 10.3. The molecule has 1 aromatic carbocycles. The monoisotopic (exact) mass is 516 g/mol. The number of carbonyl (C=O) groups excluding carboxylic acids is 1. The SMILES string of the molecule is CCCCN(CCCC)CCCOc1c(Cl)cc(C(=O)c2c(CCC)cc3ccccn23)cc1Cl. The average molecular weight is 518 g/mol. The standard InChI is InChI=1S/C29H38Cl2N2O2/c1-4-7-14-32(15-8-5-2)16-11-18-35-29-25(30)20-23(21-26(29)31)28(34)27-22(12-6-3)19-24-13-9-10-17-33(24)27/h9-10,13,17,19-21H,4-8,11-12,14-16,18H2,1-3H3. The Morgan fingerprint density at radius 1 is 0.914 bits per heavy atom. The highest BCUT2D eigenvalue weighted by Gasteiger charge is 2.21. The van der Waals surface area contributed by atoms with Crippen molar-refractivity contribution in [2.75, 3.05) is 26.2 Å². The molecular weight excluding hydrogens is 479 g/mol. The Morgan fingerprint density at radius 3 is 2.20 bits per heavy atom. The highest BCUT2D eigenvalue weighted by Crippen LogP contribution is 2.35.